The van der Waals surface area contributed by atoms with Crippen LogP contribution in [0.2, 0.25) is 0 Å². The van der Waals surface area contributed by atoms with Crippen LogP contribution in [0.3, 0.4) is 0 Å². The van der Waals surface area contributed by atoms with Crippen LogP contribution in [0.4, 0.5) is 4.79 Å². The van der Waals surface area contributed by atoms with Crippen molar-refractivity contribution in [3.05, 3.63) is 59.7 Å². The number of amides is 2. The van der Waals surface area contributed by atoms with E-state index in [2.05, 4.69) is 29.6 Å². The molecule has 5 rings (SSSR count). The van der Waals surface area contributed by atoms with Crippen molar-refractivity contribution in [1.29, 1.82) is 0 Å². The molecular weight excluding hydrogens is 448 g/mol. The van der Waals surface area contributed by atoms with E-state index in [0.29, 0.717) is 0 Å². The van der Waals surface area contributed by atoms with Gasteiger partial charge in [-0.15, -0.1) is 0 Å². The molecule has 0 bridgehead atoms. The van der Waals surface area contributed by atoms with Crippen molar-refractivity contribution >= 4 is 18.0 Å². The number of rotatable bonds is 7. The lowest BCUT2D eigenvalue weighted by Crippen LogP contribution is -2.51. The minimum absolute atomic E-state index is 0.0566. The molecular formula is C27H30N2O6. The summed E-state index contributed by atoms with van der Waals surface area (Å²) in [7, 11) is 0. The number of carbonyl (C=O) groups is 3. The SMILES string of the molecule is O=C(O)CN(C(=O)C1COCC1NC(=O)OCC1c2ccccc2-c2ccccc21)C1CCCC1. The molecule has 1 saturated heterocycles. The Balaban J connectivity index is 1.23. The fourth-order valence-corrected chi connectivity index (χ4v) is 5.69. The van der Waals surface area contributed by atoms with Crippen LogP contribution in [-0.2, 0) is 19.1 Å². The van der Waals surface area contributed by atoms with Gasteiger partial charge < -0.3 is 24.8 Å². The largest absolute Gasteiger partial charge is 0.480 e. The second kappa shape index (κ2) is 10.1. The summed E-state index contributed by atoms with van der Waals surface area (Å²) in [5.74, 6) is -2.00. The maximum absolute atomic E-state index is 13.3. The molecule has 35 heavy (non-hydrogen) atoms. The Morgan fingerprint density at radius 1 is 0.971 bits per heavy atom. The minimum atomic E-state index is -1.04. The van der Waals surface area contributed by atoms with Crippen LogP contribution in [0.5, 0.6) is 0 Å². The average molecular weight is 479 g/mol. The van der Waals surface area contributed by atoms with Crippen LogP contribution >= 0.6 is 0 Å². The summed E-state index contributed by atoms with van der Waals surface area (Å²) in [6.07, 6.45) is 2.97. The standard InChI is InChI=1S/C27H30N2O6/c30-25(31)13-29(17-7-1-2-8-17)26(32)23-14-34-16-24(23)28-27(33)35-15-22-20-11-5-3-9-18(20)19-10-4-6-12-21(19)22/h3-6,9-12,17,22-24H,1-2,7-8,13-16H2,(H,28,33)(H,30,31). The summed E-state index contributed by atoms with van der Waals surface area (Å²) in [6, 6.07) is 15.6. The number of hydrogen-bond donors (Lipinski definition) is 2. The van der Waals surface area contributed by atoms with Crippen LogP contribution in [0.25, 0.3) is 11.1 Å². The first-order valence-corrected chi connectivity index (χ1v) is 12.2. The summed E-state index contributed by atoms with van der Waals surface area (Å²) in [6.45, 7) is 0.180. The lowest BCUT2D eigenvalue weighted by Gasteiger charge is -2.31. The summed E-state index contributed by atoms with van der Waals surface area (Å²) in [4.78, 5) is 38.9. The number of ether oxygens (including phenoxy) is 2. The first-order valence-electron chi connectivity index (χ1n) is 12.2. The Bertz CT molecular complexity index is 1070. The van der Waals surface area contributed by atoms with Gasteiger partial charge in [0.15, 0.2) is 0 Å². The molecule has 2 N–H and O–H groups in total. The van der Waals surface area contributed by atoms with Crippen molar-refractivity contribution in [3.63, 3.8) is 0 Å². The molecule has 2 unspecified atom stereocenters. The number of carbonyl (C=O) groups excluding carboxylic acids is 2. The van der Waals surface area contributed by atoms with E-state index in [1.165, 1.54) is 4.90 Å². The van der Waals surface area contributed by atoms with Crippen molar-refractivity contribution in [2.75, 3.05) is 26.4 Å². The molecule has 0 radical (unpaired) electrons. The zero-order valence-corrected chi connectivity index (χ0v) is 19.5. The highest BCUT2D eigenvalue weighted by Crippen LogP contribution is 2.44. The summed E-state index contributed by atoms with van der Waals surface area (Å²) < 4.78 is 11.1. The predicted molar refractivity (Wildman–Crippen MR) is 128 cm³/mol. The lowest BCUT2D eigenvalue weighted by atomic mass is 9.98. The molecule has 2 aliphatic carbocycles. The Hall–Kier alpha value is -3.39. The van der Waals surface area contributed by atoms with Crippen molar-refractivity contribution in [2.45, 2.75) is 43.7 Å². The van der Waals surface area contributed by atoms with E-state index in [1.807, 2.05) is 24.3 Å². The van der Waals surface area contributed by atoms with E-state index in [4.69, 9.17) is 9.47 Å². The van der Waals surface area contributed by atoms with Crippen molar-refractivity contribution < 1.29 is 29.0 Å². The van der Waals surface area contributed by atoms with Crippen LogP contribution in [0.15, 0.2) is 48.5 Å². The van der Waals surface area contributed by atoms with E-state index in [0.717, 1.165) is 47.9 Å². The third-order valence-electron chi connectivity index (χ3n) is 7.40. The van der Waals surface area contributed by atoms with Gasteiger partial charge in [0.05, 0.1) is 25.2 Å². The second-order valence-electron chi connectivity index (χ2n) is 9.52. The molecule has 184 valence electrons. The molecule has 8 heteroatoms. The highest BCUT2D eigenvalue weighted by atomic mass is 16.5. The molecule has 0 aromatic heterocycles. The Kier molecular flexibility index (Phi) is 6.72. The van der Waals surface area contributed by atoms with Gasteiger partial charge in [0.25, 0.3) is 0 Å². The van der Waals surface area contributed by atoms with Gasteiger partial charge in [-0.2, -0.15) is 0 Å². The van der Waals surface area contributed by atoms with E-state index in [-0.39, 0.29) is 44.2 Å². The van der Waals surface area contributed by atoms with Crippen LogP contribution in [0, 0.1) is 5.92 Å². The zero-order chi connectivity index (χ0) is 24.4. The number of benzene rings is 2. The van der Waals surface area contributed by atoms with Gasteiger partial charge in [-0.05, 0) is 35.1 Å². The molecule has 2 aromatic rings. The fourth-order valence-electron chi connectivity index (χ4n) is 5.69. The van der Waals surface area contributed by atoms with Crippen molar-refractivity contribution in [3.8, 4) is 11.1 Å². The van der Waals surface area contributed by atoms with Gasteiger partial charge in [0.1, 0.15) is 13.2 Å². The van der Waals surface area contributed by atoms with E-state index < -0.39 is 24.0 Å². The summed E-state index contributed by atoms with van der Waals surface area (Å²) in [5.41, 5.74) is 4.55. The Morgan fingerprint density at radius 2 is 1.60 bits per heavy atom. The van der Waals surface area contributed by atoms with E-state index >= 15 is 0 Å². The Labute approximate surface area is 204 Å². The highest BCUT2D eigenvalue weighted by molar-refractivity contribution is 5.85. The number of nitrogens with one attached hydrogen (secondary N) is 1. The van der Waals surface area contributed by atoms with Crippen LogP contribution in [-0.4, -0.2) is 66.4 Å². The van der Waals surface area contributed by atoms with E-state index in [9.17, 15) is 19.5 Å². The lowest BCUT2D eigenvalue weighted by molar-refractivity contribution is -0.148. The summed E-state index contributed by atoms with van der Waals surface area (Å²) >= 11 is 0. The molecule has 1 heterocycles. The molecule has 1 aliphatic heterocycles. The molecule has 2 aromatic carbocycles. The normalized spacial score (nSPS) is 21.4. The maximum atomic E-state index is 13.3. The quantitative estimate of drug-likeness (QED) is 0.632. The molecule has 2 fully saturated rings. The molecule has 2 amide bonds. The third-order valence-corrected chi connectivity index (χ3v) is 7.40. The first kappa shape index (κ1) is 23.4. The van der Waals surface area contributed by atoms with Gasteiger partial charge in [-0.3, -0.25) is 9.59 Å². The molecule has 1 saturated carbocycles. The average Bonchev–Trinajstić information content (AvgIpc) is 3.60. The highest BCUT2D eigenvalue weighted by Gasteiger charge is 2.41. The topological polar surface area (TPSA) is 105 Å². The number of carboxylic acid groups (broad SMARTS) is 1. The first-order chi connectivity index (χ1) is 17.0. The van der Waals surface area contributed by atoms with Crippen molar-refractivity contribution in [2.24, 2.45) is 5.92 Å². The number of nitrogens with zero attached hydrogens (tertiary/aromatic N) is 1. The maximum Gasteiger partial charge on any atom is 0.407 e. The smallest absolute Gasteiger partial charge is 0.407 e. The van der Waals surface area contributed by atoms with Crippen LogP contribution < -0.4 is 5.32 Å². The van der Waals surface area contributed by atoms with Crippen molar-refractivity contribution in [1.82, 2.24) is 10.2 Å². The zero-order valence-electron chi connectivity index (χ0n) is 19.5. The van der Waals surface area contributed by atoms with Gasteiger partial charge in [-0.1, -0.05) is 61.4 Å². The monoisotopic (exact) mass is 478 g/mol. The number of fused-ring (bicyclic) bond motifs is 3. The van der Waals surface area contributed by atoms with E-state index in [1.54, 1.807) is 0 Å². The van der Waals surface area contributed by atoms with Gasteiger partial charge >= 0.3 is 12.1 Å². The van der Waals surface area contributed by atoms with Crippen LogP contribution in [0.1, 0.15) is 42.7 Å². The molecule has 2 atom stereocenters. The number of alkyl carbamates (subject to hydrolysis) is 1. The van der Waals surface area contributed by atoms with Gasteiger partial charge in [-0.25, -0.2) is 4.79 Å². The Morgan fingerprint density at radius 3 is 2.23 bits per heavy atom. The van der Waals surface area contributed by atoms with Gasteiger partial charge in [0.2, 0.25) is 5.91 Å². The third kappa shape index (κ3) is 4.75. The number of aliphatic carboxylic acids is 1. The predicted octanol–water partition coefficient (Wildman–Crippen LogP) is 3.40. The molecule has 3 aliphatic rings. The minimum Gasteiger partial charge on any atom is -0.480 e. The number of carboxylic acids is 1. The summed E-state index contributed by atoms with van der Waals surface area (Å²) in [5, 5.41) is 12.1. The fraction of sp³-hybridized carbons (Fsp3) is 0.444. The second-order valence-corrected chi connectivity index (χ2v) is 9.52. The van der Waals surface area contributed by atoms with Gasteiger partial charge in [0, 0.05) is 12.0 Å². The molecule has 0 spiro atoms. The number of hydrogen-bond acceptors (Lipinski definition) is 5. The molecule has 8 nitrogen and oxygen atoms in total.